The molecular formula is C2H6FLiO5S. The van der Waals surface area contributed by atoms with E-state index < -0.39 is 24.1 Å². The van der Waals surface area contributed by atoms with Crippen molar-refractivity contribution in [3.63, 3.8) is 0 Å². The second-order valence-corrected chi connectivity index (χ2v) is 2.07. The van der Waals surface area contributed by atoms with Crippen molar-refractivity contribution in [3.05, 3.63) is 0 Å². The third kappa shape index (κ3) is 11.2. The van der Waals surface area contributed by atoms with Crippen molar-refractivity contribution in [2.24, 2.45) is 0 Å². The summed E-state index contributed by atoms with van der Waals surface area (Å²) in [5, 5.41) is 0. The zero-order valence-corrected chi connectivity index (χ0v) is 6.10. The van der Waals surface area contributed by atoms with E-state index in [-0.39, 0.29) is 20.3 Å². The molecule has 0 spiro atoms. The monoisotopic (exact) mass is 168 g/mol. The van der Waals surface area contributed by atoms with Crippen molar-refractivity contribution in [1.82, 2.24) is 0 Å². The third-order valence-corrected chi connectivity index (χ3v) is 0.752. The van der Waals surface area contributed by atoms with Gasteiger partial charge in [0, 0.05) is 0 Å². The molecule has 0 saturated carbocycles. The Morgan fingerprint density at radius 3 is 2.40 bits per heavy atom. The first-order valence-electron chi connectivity index (χ1n) is 1.82. The second-order valence-electron chi connectivity index (χ2n) is 0.977. The molecule has 8 heteroatoms. The van der Waals surface area contributed by atoms with E-state index in [1.165, 1.54) is 0 Å². The van der Waals surface area contributed by atoms with E-state index >= 15 is 0 Å². The Bertz CT molecular complexity index is 160. The number of hydrogen-bond donors (Lipinski definition) is 1. The SMILES string of the molecule is O=S(=O)(O)OCOCF.[H-].[Li+]. The van der Waals surface area contributed by atoms with Crippen LogP contribution < -0.4 is 18.9 Å². The fourth-order valence-electron chi connectivity index (χ4n) is 0.126. The molecule has 10 heavy (non-hydrogen) atoms. The average molecular weight is 168 g/mol. The fourth-order valence-corrected chi connectivity index (χ4v) is 0.316. The maximum atomic E-state index is 11.0. The molecule has 0 radical (unpaired) electrons. The number of rotatable bonds is 4. The van der Waals surface area contributed by atoms with Crippen LogP contribution in [0.2, 0.25) is 0 Å². The fraction of sp³-hybridized carbons (Fsp3) is 1.00. The van der Waals surface area contributed by atoms with Crippen LogP contribution in [0.1, 0.15) is 1.43 Å². The molecule has 0 aliphatic rings. The van der Waals surface area contributed by atoms with Crippen LogP contribution in [0.5, 0.6) is 0 Å². The molecule has 0 amide bonds. The number of hydrogen-bond acceptors (Lipinski definition) is 4. The molecule has 0 aromatic rings. The molecule has 0 unspecified atom stereocenters. The van der Waals surface area contributed by atoms with Gasteiger partial charge in [0.1, 0.15) is 0 Å². The van der Waals surface area contributed by atoms with E-state index in [0.717, 1.165) is 0 Å². The largest absolute Gasteiger partial charge is 1.00 e. The molecule has 0 aromatic carbocycles. The normalized spacial score (nSPS) is 10.6. The van der Waals surface area contributed by atoms with Crippen LogP contribution in [0, 0.1) is 0 Å². The van der Waals surface area contributed by atoms with Crippen molar-refractivity contribution in [2.45, 2.75) is 0 Å². The summed E-state index contributed by atoms with van der Waals surface area (Å²) in [5.41, 5.74) is 0. The van der Waals surface area contributed by atoms with Crippen LogP contribution in [-0.4, -0.2) is 26.6 Å². The van der Waals surface area contributed by atoms with Gasteiger partial charge in [0.05, 0.1) is 0 Å². The number of ether oxygens (including phenoxy) is 1. The van der Waals surface area contributed by atoms with E-state index in [0.29, 0.717) is 0 Å². The Labute approximate surface area is 71.1 Å². The van der Waals surface area contributed by atoms with Gasteiger partial charge in [0.2, 0.25) is 0 Å². The Balaban J connectivity index is -0.000000320. The minimum atomic E-state index is -4.49. The van der Waals surface area contributed by atoms with E-state index in [1.807, 2.05) is 0 Å². The molecule has 0 aliphatic carbocycles. The topological polar surface area (TPSA) is 72.8 Å². The van der Waals surface area contributed by atoms with E-state index in [9.17, 15) is 12.8 Å². The van der Waals surface area contributed by atoms with Crippen molar-refractivity contribution < 1.29 is 46.6 Å². The van der Waals surface area contributed by atoms with E-state index in [1.54, 1.807) is 0 Å². The minimum absolute atomic E-state index is 0. The van der Waals surface area contributed by atoms with Crippen molar-refractivity contribution in [2.75, 3.05) is 13.7 Å². The maximum Gasteiger partial charge on any atom is 1.00 e. The zero-order chi connectivity index (χ0) is 7.33. The standard InChI is InChI=1S/C2H5FO5S.Li.H/c3-1-7-2-8-9(4,5)6;;/h1-2H2,(H,4,5,6);;/q;+1;-1. The second kappa shape index (κ2) is 6.09. The molecule has 0 aromatic heterocycles. The minimum Gasteiger partial charge on any atom is -1.00 e. The summed E-state index contributed by atoms with van der Waals surface area (Å²) in [5.74, 6) is 0. The van der Waals surface area contributed by atoms with Crippen molar-refractivity contribution in [3.8, 4) is 0 Å². The van der Waals surface area contributed by atoms with Crippen LogP contribution in [0.15, 0.2) is 0 Å². The van der Waals surface area contributed by atoms with Gasteiger partial charge < -0.3 is 6.16 Å². The van der Waals surface area contributed by atoms with Crippen molar-refractivity contribution in [1.29, 1.82) is 0 Å². The first-order chi connectivity index (χ1) is 4.06. The van der Waals surface area contributed by atoms with Crippen LogP contribution in [-0.2, 0) is 19.3 Å². The maximum absolute atomic E-state index is 11.0. The first-order valence-corrected chi connectivity index (χ1v) is 3.18. The molecule has 58 valence electrons. The summed E-state index contributed by atoms with van der Waals surface area (Å²) in [4.78, 5) is 0. The summed E-state index contributed by atoms with van der Waals surface area (Å²) >= 11 is 0. The molecule has 0 atom stereocenters. The molecule has 0 bridgehead atoms. The van der Waals surface area contributed by atoms with Crippen LogP contribution >= 0.6 is 0 Å². The van der Waals surface area contributed by atoms with Crippen molar-refractivity contribution >= 4 is 10.4 Å². The van der Waals surface area contributed by atoms with Crippen LogP contribution in [0.3, 0.4) is 0 Å². The summed E-state index contributed by atoms with van der Waals surface area (Å²) in [7, 11) is -4.49. The summed E-state index contributed by atoms with van der Waals surface area (Å²) < 4.78 is 45.4. The number of alkyl halides is 1. The molecule has 0 rings (SSSR count). The molecule has 0 fully saturated rings. The predicted octanol–water partition coefficient (Wildman–Crippen LogP) is -3.18. The molecule has 5 nitrogen and oxygen atoms in total. The average Bonchev–Trinajstić information content (AvgIpc) is 1.63. The Morgan fingerprint density at radius 2 is 2.10 bits per heavy atom. The van der Waals surface area contributed by atoms with Gasteiger partial charge in [-0.2, -0.15) is 8.42 Å². The Hall–Kier alpha value is 0.357. The summed E-state index contributed by atoms with van der Waals surface area (Å²) in [6.45, 7) is -1.97. The van der Waals surface area contributed by atoms with Crippen LogP contribution in [0.4, 0.5) is 4.39 Å². The van der Waals surface area contributed by atoms with E-state index in [2.05, 4.69) is 8.92 Å². The van der Waals surface area contributed by atoms with Gasteiger partial charge in [-0.25, -0.2) is 8.57 Å². The quantitative estimate of drug-likeness (QED) is 0.207. The molecule has 0 heterocycles. The first kappa shape index (κ1) is 13.0. The molecule has 0 aliphatic heterocycles. The van der Waals surface area contributed by atoms with Gasteiger partial charge in [-0.15, -0.1) is 0 Å². The molecule has 1 N–H and O–H groups in total. The Morgan fingerprint density at radius 1 is 1.60 bits per heavy atom. The van der Waals surface area contributed by atoms with E-state index in [4.69, 9.17) is 4.55 Å². The summed E-state index contributed by atoms with van der Waals surface area (Å²) in [6.07, 6.45) is 0. The van der Waals surface area contributed by atoms with Crippen LogP contribution in [0.25, 0.3) is 0 Å². The smallest absolute Gasteiger partial charge is 1.00 e. The van der Waals surface area contributed by atoms with Gasteiger partial charge in [-0.05, 0) is 0 Å². The summed E-state index contributed by atoms with van der Waals surface area (Å²) in [6, 6.07) is 0. The van der Waals surface area contributed by atoms with Gasteiger partial charge in [-0.3, -0.25) is 4.55 Å². The third-order valence-electron chi connectivity index (χ3n) is 0.358. The van der Waals surface area contributed by atoms with Gasteiger partial charge in [-0.1, -0.05) is 0 Å². The molecule has 0 saturated heterocycles. The van der Waals surface area contributed by atoms with Gasteiger partial charge in [0.15, 0.2) is 13.7 Å². The predicted molar refractivity (Wildman–Crippen MR) is 25.7 cm³/mol. The van der Waals surface area contributed by atoms with Gasteiger partial charge in [0.25, 0.3) is 0 Å². The van der Waals surface area contributed by atoms with Gasteiger partial charge >= 0.3 is 29.3 Å². The zero-order valence-electron chi connectivity index (χ0n) is 6.28. The number of halogens is 1. The Kier molecular flexibility index (Phi) is 7.91. The molecular weight excluding hydrogens is 162 g/mol.